The van der Waals surface area contributed by atoms with Crippen molar-refractivity contribution in [2.75, 3.05) is 6.79 Å². The van der Waals surface area contributed by atoms with Crippen molar-refractivity contribution in [3.05, 3.63) is 58.1 Å². The summed E-state index contributed by atoms with van der Waals surface area (Å²) in [7, 11) is 0. The first-order chi connectivity index (χ1) is 10.5. The van der Waals surface area contributed by atoms with Crippen molar-refractivity contribution in [3.63, 3.8) is 0 Å². The third-order valence-corrected chi connectivity index (χ3v) is 3.64. The summed E-state index contributed by atoms with van der Waals surface area (Å²) in [5.41, 5.74) is 1.59. The molecule has 0 unspecified atom stereocenters. The maximum absolute atomic E-state index is 12.7. The van der Waals surface area contributed by atoms with Crippen LogP contribution in [0, 0.1) is 0 Å². The normalized spacial score (nSPS) is 12.3. The first-order valence-electron chi connectivity index (χ1n) is 6.77. The third-order valence-electron chi connectivity index (χ3n) is 3.39. The number of carbonyl (C=O) groups is 2. The molecule has 0 saturated heterocycles. The van der Waals surface area contributed by atoms with E-state index in [1.165, 1.54) is 6.92 Å². The molecule has 2 aromatic carbocycles. The highest BCUT2D eigenvalue weighted by Crippen LogP contribution is 2.36. The number of rotatable bonds is 4. The number of Topliss-reactive ketones (excluding diaryl/α,β-unsaturated/α-hetero) is 1. The Kier molecular flexibility index (Phi) is 3.86. The Hall–Kier alpha value is -2.33. The molecule has 112 valence electrons. The molecule has 0 aromatic heterocycles. The number of halogens is 1. The predicted molar refractivity (Wildman–Crippen MR) is 81.8 cm³/mol. The summed E-state index contributed by atoms with van der Waals surface area (Å²) >= 11 is 5.85. The van der Waals surface area contributed by atoms with Gasteiger partial charge in [0.25, 0.3) is 0 Å². The Labute approximate surface area is 132 Å². The van der Waals surface area contributed by atoms with Gasteiger partial charge in [-0.25, -0.2) is 0 Å². The first-order valence-corrected chi connectivity index (χ1v) is 7.14. The zero-order valence-corrected chi connectivity index (χ0v) is 12.6. The SMILES string of the molecule is CC(=O)Cc1cc2c(cc1C(=O)c1ccc(Cl)cc1)OCO2. The van der Waals surface area contributed by atoms with E-state index in [-0.39, 0.29) is 24.8 Å². The van der Waals surface area contributed by atoms with Crippen LogP contribution >= 0.6 is 11.6 Å². The monoisotopic (exact) mass is 316 g/mol. The van der Waals surface area contributed by atoms with Crippen LogP contribution in [0.2, 0.25) is 5.02 Å². The number of hydrogen-bond acceptors (Lipinski definition) is 4. The third kappa shape index (κ3) is 2.83. The Morgan fingerprint density at radius 2 is 1.73 bits per heavy atom. The van der Waals surface area contributed by atoms with Crippen molar-refractivity contribution in [1.29, 1.82) is 0 Å². The van der Waals surface area contributed by atoms with Gasteiger partial charge in [-0.05, 0) is 48.9 Å². The van der Waals surface area contributed by atoms with E-state index in [1.807, 2.05) is 0 Å². The van der Waals surface area contributed by atoms with E-state index < -0.39 is 0 Å². The summed E-state index contributed by atoms with van der Waals surface area (Å²) in [6, 6.07) is 9.98. The molecule has 0 bridgehead atoms. The van der Waals surface area contributed by atoms with Crippen molar-refractivity contribution in [2.45, 2.75) is 13.3 Å². The van der Waals surface area contributed by atoms with E-state index in [4.69, 9.17) is 21.1 Å². The van der Waals surface area contributed by atoms with E-state index in [2.05, 4.69) is 0 Å². The first kappa shape index (κ1) is 14.6. The topological polar surface area (TPSA) is 52.6 Å². The van der Waals surface area contributed by atoms with Crippen LogP contribution in [0.3, 0.4) is 0 Å². The van der Waals surface area contributed by atoms with Gasteiger partial charge in [-0.2, -0.15) is 0 Å². The van der Waals surface area contributed by atoms with Crippen molar-refractivity contribution in [1.82, 2.24) is 0 Å². The lowest BCUT2D eigenvalue weighted by Crippen LogP contribution is -2.08. The van der Waals surface area contributed by atoms with E-state index in [1.54, 1.807) is 36.4 Å². The standard InChI is InChI=1S/C17H13ClO4/c1-10(19)6-12-7-15-16(22-9-21-15)8-14(12)17(20)11-2-4-13(18)5-3-11/h2-5,7-8H,6,9H2,1H3. The van der Waals surface area contributed by atoms with Gasteiger partial charge in [-0.3, -0.25) is 9.59 Å². The zero-order valence-electron chi connectivity index (χ0n) is 11.9. The van der Waals surface area contributed by atoms with Crippen molar-refractivity contribution < 1.29 is 19.1 Å². The lowest BCUT2D eigenvalue weighted by molar-refractivity contribution is -0.116. The molecule has 0 N–H and O–H groups in total. The van der Waals surface area contributed by atoms with E-state index in [9.17, 15) is 9.59 Å². The highest BCUT2D eigenvalue weighted by atomic mass is 35.5. The highest BCUT2D eigenvalue weighted by molar-refractivity contribution is 6.30. The number of hydrogen-bond donors (Lipinski definition) is 0. The van der Waals surface area contributed by atoms with E-state index in [0.717, 1.165) is 0 Å². The fraction of sp³-hybridized carbons (Fsp3) is 0.176. The number of fused-ring (bicyclic) bond motifs is 1. The maximum atomic E-state index is 12.7. The number of ether oxygens (including phenoxy) is 2. The lowest BCUT2D eigenvalue weighted by Gasteiger charge is -2.09. The molecule has 22 heavy (non-hydrogen) atoms. The van der Waals surface area contributed by atoms with Gasteiger partial charge in [0.2, 0.25) is 6.79 Å². The summed E-state index contributed by atoms with van der Waals surface area (Å²) in [5.74, 6) is 0.878. The largest absolute Gasteiger partial charge is 0.454 e. The molecule has 3 rings (SSSR count). The van der Waals surface area contributed by atoms with Crippen LogP contribution < -0.4 is 9.47 Å². The van der Waals surface area contributed by atoms with Crippen LogP contribution in [0.5, 0.6) is 11.5 Å². The summed E-state index contributed by atoms with van der Waals surface area (Å²) in [6.07, 6.45) is 0.172. The van der Waals surface area contributed by atoms with Crippen LogP contribution in [0.4, 0.5) is 0 Å². The predicted octanol–water partition coefficient (Wildman–Crippen LogP) is 3.43. The fourth-order valence-corrected chi connectivity index (χ4v) is 2.49. The van der Waals surface area contributed by atoms with Gasteiger partial charge in [-0.1, -0.05) is 11.6 Å². The molecular weight excluding hydrogens is 304 g/mol. The summed E-state index contributed by atoms with van der Waals surface area (Å²) in [4.78, 5) is 24.2. The number of ketones is 2. The van der Waals surface area contributed by atoms with Gasteiger partial charge in [-0.15, -0.1) is 0 Å². The molecule has 1 heterocycles. The van der Waals surface area contributed by atoms with Gasteiger partial charge in [0.15, 0.2) is 17.3 Å². The number of benzene rings is 2. The van der Waals surface area contributed by atoms with Crippen LogP contribution in [0.15, 0.2) is 36.4 Å². The van der Waals surface area contributed by atoms with E-state index >= 15 is 0 Å². The Bertz CT molecular complexity index is 750. The van der Waals surface area contributed by atoms with Gasteiger partial charge in [0.05, 0.1) is 0 Å². The lowest BCUT2D eigenvalue weighted by atomic mass is 9.95. The second-order valence-corrected chi connectivity index (χ2v) is 5.51. The van der Waals surface area contributed by atoms with Gasteiger partial charge in [0.1, 0.15) is 5.78 Å². The average molecular weight is 317 g/mol. The van der Waals surface area contributed by atoms with Crippen molar-refractivity contribution in [3.8, 4) is 11.5 Å². The molecule has 0 amide bonds. The van der Waals surface area contributed by atoms with Gasteiger partial charge >= 0.3 is 0 Å². The molecule has 1 aliphatic heterocycles. The second kappa shape index (κ2) is 5.81. The maximum Gasteiger partial charge on any atom is 0.231 e. The summed E-state index contributed by atoms with van der Waals surface area (Å²) in [5, 5.41) is 0.561. The quantitative estimate of drug-likeness (QED) is 0.811. The average Bonchev–Trinajstić information content (AvgIpc) is 2.93. The second-order valence-electron chi connectivity index (χ2n) is 5.08. The Morgan fingerprint density at radius 3 is 2.36 bits per heavy atom. The summed E-state index contributed by atoms with van der Waals surface area (Å²) < 4.78 is 10.6. The smallest absolute Gasteiger partial charge is 0.231 e. The Morgan fingerprint density at radius 1 is 1.09 bits per heavy atom. The van der Waals surface area contributed by atoms with Crippen LogP contribution in [-0.2, 0) is 11.2 Å². The van der Waals surface area contributed by atoms with Crippen molar-refractivity contribution in [2.24, 2.45) is 0 Å². The molecule has 0 atom stereocenters. The highest BCUT2D eigenvalue weighted by Gasteiger charge is 2.22. The number of carbonyl (C=O) groups excluding carboxylic acids is 2. The Balaban J connectivity index is 2.06. The molecule has 1 aliphatic rings. The molecular formula is C17H13ClO4. The molecule has 0 fully saturated rings. The summed E-state index contributed by atoms with van der Waals surface area (Å²) in [6.45, 7) is 1.61. The fourth-order valence-electron chi connectivity index (χ4n) is 2.37. The van der Waals surface area contributed by atoms with Crippen LogP contribution in [-0.4, -0.2) is 18.4 Å². The zero-order chi connectivity index (χ0) is 15.7. The molecule has 4 nitrogen and oxygen atoms in total. The van der Waals surface area contributed by atoms with Gasteiger partial charge in [0, 0.05) is 22.6 Å². The molecule has 2 aromatic rings. The van der Waals surface area contributed by atoms with E-state index in [0.29, 0.717) is 33.2 Å². The molecule has 0 saturated carbocycles. The van der Waals surface area contributed by atoms with Crippen LogP contribution in [0.1, 0.15) is 28.4 Å². The van der Waals surface area contributed by atoms with Crippen molar-refractivity contribution >= 4 is 23.2 Å². The molecule has 0 radical (unpaired) electrons. The minimum atomic E-state index is -0.175. The molecule has 5 heteroatoms. The molecule has 0 aliphatic carbocycles. The minimum absolute atomic E-state index is 0.0241. The molecule has 0 spiro atoms. The minimum Gasteiger partial charge on any atom is -0.454 e. The van der Waals surface area contributed by atoms with Gasteiger partial charge < -0.3 is 9.47 Å². The van der Waals surface area contributed by atoms with Crippen LogP contribution in [0.25, 0.3) is 0 Å².